The molecule has 2 amide bonds. The van der Waals surface area contributed by atoms with Crippen molar-refractivity contribution in [3.63, 3.8) is 0 Å². The highest BCUT2D eigenvalue weighted by Gasteiger charge is 2.01. The maximum absolute atomic E-state index is 11.2. The quantitative estimate of drug-likeness (QED) is 0.164. The molecule has 0 unspecified atom stereocenters. The van der Waals surface area contributed by atoms with Crippen molar-refractivity contribution in [1.29, 1.82) is 0 Å². The molecule has 0 aliphatic carbocycles. The highest BCUT2D eigenvalue weighted by molar-refractivity contribution is 5.78. The van der Waals surface area contributed by atoms with Crippen LogP contribution in [0.5, 0.6) is 0 Å². The molecule has 0 rings (SSSR count). The van der Waals surface area contributed by atoms with E-state index in [0.717, 1.165) is 77.3 Å². The van der Waals surface area contributed by atoms with Gasteiger partial charge in [-0.15, -0.1) is 0 Å². The molecule has 0 aromatic rings. The van der Waals surface area contributed by atoms with Crippen LogP contribution in [0.1, 0.15) is 166 Å². The average molecular weight is 531 g/mol. The van der Waals surface area contributed by atoms with Crippen molar-refractivity contribution in [2.45, 2.75) is 166 Å². The predicted molar refractivity (Wildman–Crippen MR) is 162 cm³/mol. The van der Waals surface area contributed by atoms with Gasteiger partial charge in [0, 0.05) is 45.2 Å². The van der Waals surface area contributed by atoms with Gasteiger partial charge in [0.15, 0.2) is 0 Å². The van der Waals surface area contributed by atoms with E-state index in [1.54, 1.807) is 6.92 Å². The minimum atomic E-state index is 0.154. The van der Waals surface area contributed by atoms with Gasteiger partial charge < -0.3 is 15.4 Å². The number of unbranched alkanes of at least 4 members (excludes halogenated alkanes) is 7. The van der Waals surface area contributed by atoms with E-state index in [-0.39, 0.29) is 17.6 Å². The zero-order valence-electron chi connectivity index (χ0n) is 26.7. The molecule has 0 heterocycles. The van der Waals surface area contributed by atoms with Crippen LogP contribution in [-0.4, -0.2) is 36.5 Å². The lowest BCUT2D eigenvalue weighted by molar-refractivity contribution is -0.122. The number of rotatable bonds is 19. The number of carbonyl (C=O) groups excluding carboxylic acids is 4. The molecule has 6 heteroatoms. The summed E-state index contributed by atoms with van der Waals surface area (Å²) < 4.78 is 0. The van der Waals surface area contributed by atoms with E-state index < -0.39 is 0 Å². The Bertz CT molecular complexity index is 480. The summed E-state index contributed by atoms with van der Waals surface area (Å²) in [5, 5.41) is 5.64. The van der Waals surface area contributed by atoms with Gasteiger partial charge in [0.05, 0.1) is 0 Å². The lowest BCUT2D eigenvalue weighted by atomic mass is 10.1. The molecule has 0 spiro atoms. The van der Waals surface area contributed by atoms with E-state index in [0.29, 0.717) is 37.9 Å². The van der Waals surface area contributed by atoms with Crippen LogP contribution >= 0.6 is 0 Å². The number of carbonyl (C=O) groups is 4. The minimum absolute atomic E-state index is 0.154. The number of hydrogen-bond donors (Lipinski definition) is 2. The number of amides is 2. The largest absolute Gasteiger partial charge is 0.356 e. The smallest absolute Gasteiger partial charge is 0.219 e. The van der Waals surface area contributed by atoms with E-state index in [1.165, 1.54) is 0 Å². The van der Waals surface area contributed by atoms with Crippen LogP contribution in [0.2, 0.25) is 0 Å². The van der Waals surface area contributed by atoms with Gasteiger partial charge in [0.25, 0.3) is 0 Å². The lowest BCUT2D eigenvalue weighted by Gasteiger charge is -2.03. The Morgan fingerprint density at radius 2 is 0.892 bits per heavy atom. The SMILES string of the molecule is CC.CC.CC.CCCNC(=O)CCCCCCC(=O)CC.CCNC(=O)CCCCCCCC(C)=O. The Balaban J connectivity index is -0.000000153. The summed E-state index contributed by atoms with van der Waals surface area (Å²) in [7, 11) is 0. The van der Waals surface area contributed by atoms with Gasteiger partial charge in [0.1, 0.15) is 11.6 Å². The topological polar surface area (TPSA) is 92.3 Å². The van der Waals surface area contributed by atoms with E-state index in [4.69, 9.17) is 0 Å². The molecular weight excluding hydrogens is 464 g/mol. The number of nitrogens with one attached hydrogen (secondary N) is 2. The second kappa shape index (κ2) is 44.3. The van der Waals surface area contributed by atoms with Gasteiger partial charge in [-0.2, -0.15) is 0 Å². The lowest BCUT2D eigenvalue weighted by Crippen LogP contribution is -2.23. The van der Waals surface area contributed by atoms with Crippen molar-refractivity contribution in [3.05, 3.63) is 0 Å². The molecule has 0 aliphatic rings. The average Bonchev–Trinajstić information content (AvgIpc) is 2.92. The van der Waals surface area contributed by atoms with E-state index in [9.17, 15) is 19.2 Å². The highest BCUT2D eigenvalue weighted by Crippen LogP contribution is 2.08. The normalized spacial score (nSPS) is 8.92. The maximum Gasteiger partial charge on any atom is 0.219 e. The fraction of sp³-hybridized carbons (Fsp3) is 0.871. The molecule has 0 aromatic carbocycles. The molecule has 0 saturated carbocycles. The number of Topliss-reactive ketones (excluding diaryl/α,β-unsaturated/α-hetero) is 2. The third kappa shape index (κ3) is 51.7. The van der Waals surface area contributed by atoms with Crippen LogP contribution < -0.4 is 10.6 Å². The van der Waals surface area contributed by atoms with Crippen molar-refractivity contribution in [3.8, 4) is 0 Å². The first kappa shape index (κ1) is 45.2. The maximum atomic E-state index is 11.2. The Morgan fingerprint density at radius 3 is 1.27 bits per heavy atom. The Hall–Kier alpha value is -1.72. The van der Waals surface area contributed by atoms with Gasteiger partial charge in [-0.05, 0) is 46.0 Å². The van der Waals surface area contributed by atoms with E-state index in [2.05, 4.69) is 10.6 Å². The van der Waals surface area contributed by atoms with E-state index in [1.807, 2.05) is 62.3 Å². The van der Waals surface area contributed by atoms with Gasteiger partial charge in [-0.3, -0.25) is 14.4 Å². The summed E-state index contributed by atoms with van der Waals surface area (Å²) in [6.45, 7) is 21.0. The molecule has 0 radical (unpaired) electrons. The standard InChI is InChI=1S/C13H25NO2.C12H23NO2.3C2H6/c1-3-11-14-13(16)10-8-6-5-7-9-12(15)4-2;1-3-13-12(15)10-8-6-4-5-7-9-11(2)14;3*1-2/h3-11H2,1-2H3,(H,14,16);3-10H2,1-2H3,(H,13,15);3*1-2H3. The minimum Gasteiger partial charge on any atom is -0.356 e. The third-order valence-electron chi connectivity index (χ3n) is 4.88. The molecule has 37 heavy (non-hydrogen) atoms. The van der Waals surface area contributed by atoms with Crippen LogP contribution in [0, 0.1) is 0 Å². The van der Waals surface area contributed by atoms with Crippen molar-refractivity contribution >= 4 is 23.4 Å². The zero-order chi connectivity index (χ0) is 29.7. The van der Waals surface area contributed by atoms with Crippen LogP contribution in [0.15, 0.2) is 0 Å². The van der Waals surface area contributed by atoms with Crippen molar-refractivity contribution in [2.24, 2.45) is 0 Å². The molecule has 0 aromatic heterocycles. The van der Waals surface area contributed by atoms with Crippen molar-refractivity contribution in [1.82, 2.24) is 10.6 Å². The molecular formula is C31H66N2O4. The van der Waals surface area contributed by atoms with Gasteiger partial charge in [-0.25, -0.2) is 0 Å². The van der Waals surface area contributed by atoms with Gasteiger partial charge >= 0.3 is 0 Å². The van der Waals surface area contributed by atoms with Crippen LogP contribution in [0.4, 0.5) is 0 Å². The Morgan fingerprint density at radius 1 is 0.514 bits per heavy atom. The third-order valence-corrected chi connectivity index (χ3v) is 4.88. The molecule has 0 atom stereocenters. The van der Waals surface area contributed by atoms with E-state index >= 15 is 0 Å². The highest BCUT2D eigenvalue weighted by atomic mass is 16.2. The Kier molecular flexibility index (Phi) is 54.1. The molecule has 224 valence electrons. The van der Waals surface area contributed by atoms with Crippen molar-refractivity contribution < 1.29 is 19.2 Å². The molecule has 0 aliphatic heterocycles. The van der Waals surface area contributed by atoms with Gasteiger partial charge in [-0.1, -0.05) is 87.5 Å². The molecule has 0 fully saturated rings. The monoisotopic (exact) mass is 531 g/mol. The first-order valence-electron chi connectivity index (χ1n) is 15.4. The Labute approximate surface area is 231 Å². The van der Waals surface area contributed by atoms with Crippen LogP contribution in [0.3, 0.4) is 0 Å². The first-order valence-corrected chi connectivity index (χ1v) is 15.4. The summed E-state index contributed by atoms with van der Waals surface area (Å²) >= 11 is 0. The van der Waals surface area contributed by atoms with Crippen LogP contribution in [0.25, 0.3) is 0 Å². The summed E-state index contributed by atoms with van der Waals surface area (Å²) in [6.07, 6.45) is 13.6. The first-order chi connectivity index (χ1) is 17.9. The molecule has 6 nitrogen and oxygen atoms in total. The summed E-state index contributed by atoms with van der Waals surface area (Å²) in [4.78, 5) is 43.9. The molecule has 0 bridgehead atoms. The fourth-order valence-electron chi connectivity index (χ4n) is 2.97. The summed E-state index contributed by atoms with van der Waals surface area (Å²) in [5.41, 5.74) is 0. The van der Waals surface area contributed by atoms with Gasteiger partial charge in [0.2, 0.25) is 11.8 Å². The predicted octanol–water partition coefficient (Wildman–Crippen LogP) is 8.35. The van der Waals surface area contributed by atoms with Crippen LogP contribution in [-0.2, 0) is 19.2 Å². The number of ketones is 2. The summed E-state index contributed by atoms with van der Waals surface area (Å²) in [6, 6.07) is 0. The summed E-state index contributed by atoms with van der Waals surface area (Å²) in [5.74, 6) is 0.936. The molecule has 0 saturated heterocycles. The zero-order valence-corrected chi connectivity index (χ0v) is 26.7. The second-order valence-electron chi connectivity index (χ2n) is 8.08. The second-order valence-corrected chi connectivity index (χ2v) is 8.08. The fourth-order valence-corrected chi connectivity index (χ4v) is 2.97. The van der Waals surface area contributed by atoms with Crippen molar-refractivity contribution in [2.75, 3.05) is 13.1 Å². The molecule has 2 N–H and O–H groups in total. The number of hydrogen-bond acceptors (Lipinski definition) is 4.